The molecule has 0 aliphatic rings. The van der Waals surface area contributed by atoms with Crippen LogP contribution in [0.2, 0.25) is 0 Å². The highest BCUT2D eigenvalue weighted by atomic mass is 32.2. The summed E-state index contributed by atoms with van der Waals surface area (Å²) in [4.78, 5) is 16.4. The Morgan fingerprint density at radius 2 is 1.87 bits per heavy atom. The number of hydrogen-bond donors (Lipinski definition) is 1. The van der Waals surface area contributed by atoms with Crippen LogP contribution in [0.4, 0.5) is 0 Å². The molecule has 0 unspecified atom stereocenters. The minimum absolute atomic E-state index is 0.216. The predicted molar refractivity (Wildman–Crippen MR) is 121 cm³/mol. The van der Waals surface area contributed by atoms with E-state index < -0.39 is 0 Å². The third-order valence-corrected chi connectivity index (χ3v) is 6.47. The minimum Gasteiger partial charge on any atom is -0.346 e. The van der Waals surface area contributed by atoms with Crippen LogP contribution in [0.5, 0.6) is 0 Å². The lowest BCUT2D eigenvalue weighted by atomic mass is 10.2. The molecule has 10 heteroatoms. The highest BCUT2D eigenvalue weighted by Crippen LogP contribution is 2.27. The normalized spacial score (nSPS) is 10.9. The standard InChI is InChI=1S/C21H21N7OS2/c1-2-12-28-18(16-8-10-22-11-9-16)25-27-21(28)30-14-17-24-26-20(31-17)19(29)23-13-15-6-4-3-5-7-15/h3-11H,2,12-14H2,1H3,(H,23,29). The molecule has 0 saturated heterocycles. The predicted octanol–water partition coefficient (Wildman–Crippen LogP) is 3.82. The van der Waals surface area contributed by atoms with E-state index in [1.165, 1.54) is 11.3 Å². The summed E-state index contributed by atoms with van der Waals surface area (Å²) in [5, 5.41) is 21.8. The monoisotopic (exact) mass is 451 g/mol. The van der Waals surface area contributed by atoms with Gasteiger partial charge >= 0.3 is 0 Å². The number of rotatable bonds is 9. The number of thioether (sulfide) groups is 1. The SMILES string of the molecule is CCCn1c(SCc2nnc(C(=O)NCc3ccccc3)s2)nnc1-c1ccncc1. The molecule has 1 amide bonds. The molecule has 0 saturated carbocycles. The summed E-state index contributed by atoms with van der Waals surface area (Å²) in [7, 11) is 0. The summed E-state index contributed by atoms with van der Waals surface area (Å²) in [6.07, 6.45) is 4.46. The van der Waals surface area contributed by atoms with Gasteiger partial charge in [0, 0.05) is 31.0 Å². The fourth-order valence-corrected chi connectivity index (χ4v) is 4.63. The largest absolute Gasteiger partial charge is 0.346 e. The van der Waals surface area contributed by atoms with Crippen LogP contribution >= 0.6 is 23.1 Å². The zero-order chi connectivity index (χ0) is 21.5. The van der Waals surface area contributed by atoms with Crippen LogP contribution in [0.15, 0.2) is 60.0 Å². The molecule has 0 aliphatic heterocycles. The van der Waals surface area contributed by atoms with Gasteiger partial charge in [0.05, 0.1) is 5.75 Å². The van der Waals surface area contributed by atoms with Crippen molar-refractivity contribution in [1.29, 1.82) is 0 Å². The average Bonchev–Trinajstić information content (AvgIpc) is 3.45. The maximum absolute atomic E-state index is 12.4. The topological polar surface area (TPSA) is 98.5 Å². The molecule has 8 nitrogen and oxygen atoms in total. The number of nitrogens with one attached hydrogen (secondary N) is 1. The van der Waals surface area contributed by atoms with Crippen LogP contribution in [-0.4, -0.2) is 35.9 Å². The molecule has 0 bridgehead atoms. The third-order valence-electron chi connectivity index (χ3n) is 4.38. The molecule has 0 atom stereocenters. The lowest BCUT2D eigenvalue weighted by molar-refractivity contribution is 0.0950. The summed E-state index contributed by atoms with van der Waals surface area (Å²) in [6, 6.07) is 13.6. The van der Waals surface area contributed by atoms with Gasteiger partial charge in [-0.2, -0.15) is 0 Å². The summed E-state index contributed by atoms with van der Waals surface area (Å²) < 4.78 is 2.11. The summed E-state index contributed by atoms with van der Waals surface area (Å²) in [5.41, 5.74) is 2.02. The molecular weight excluding hydrogens is 430 g/mol. The molecule has 3 aromatic heterocycles. The maximum Gasteiger partial charge on any atom is 0.282 e. The van der Waals surface area contributed by atoms with E-state index in [4.69, 9.17) is 0 Å². The molecule has 3 heterocycles. The molecule has 158 valence electrons. The van der Waals surface area contributed by atoms with Crippen LogP contribution in [0.25, 0.3) is 11.4 Å². The number of hydrogen-bond acceptors (Lipinski definition) is 8. The number of aromatic nitrogens is 6. The first-order valence-electron chi connectivity index (χ1n) is 9.85. The van der Waals surface area contributed by atoms with Gasteiger partial charge in [0.1, 0.15) is 5.01 Å². The van der Waals surface area contributed by atoms with Crippen molar-refractivity contribution in [2.75, 3.05) is 0 Å². The van der Waals surface area contributed by atoms with Crippen molar-refractivity contribution in [1.82, 2.24) is 35.3 Å². The summed E-state index contributed by atoms with van der Waals surface area (Å²) >= 11 is 2.84. The summed E-state index contributed by atoms with van der Waals surface area (Å²) in [5.74, 6) is 1.18. The van der Waals surface area contributed by atoms with E-state index in [0.29, 0.717) is 17.3 Å². The molecule has 0 radical (unpaired) electrons. The lowest BCUT2D eigenvalue weighted by Crippen LogP contribution is -2.22. The Morgan fingerprint density at radius 3 is 2.65 bits per heavy atom. The quantitative estimate of drug-likeness (QED) is 0.386. The van der Waals surface area contributed by atoms with Crippen LogP contribution in [0.3, 0.4) is 0 Å². The van der Waals surface area contributed by atoms with Crippen LogP contribution in [-0.2, 0) is 18.8 Å². The first-order valence-corrected chi connectivity index (χ1v) is 11.7. The average molecular weight is 452 g/mol. The molecule has 0 aliphatic carbocycles. The van der Waals surface area contributed by atoms with Crippen molar-refractivity contribution in [3.8, 4) is 11.4 Å². The van der Waals surface area contributed by atoms with E-state index >= 15 is 0 Å². The molecule has 31 heavy (non-hydrogen) atoms. The van der Waals surface area contributed by atoms with Gasteiger partial charge in [0.2, 0.25) is 5.01 Å². The Labute approximate surface area is 188 Å². The van der Waals surface area contributed by atoms with Gasteiger partial charge in [0.15, 0.2) is 11.0 Å². The van der Waals surface area contributed by atoms with Gasteiger partial charge in [-0.25, -0.2) is 0 Å². The van der Waals surface area contributed by atoms with Crippen molar-refractivity contribution < 1.29 is 4.79 Å². The van der Waals surface area contributed by atoms with E-state index in [9.17, 15) is 4.79 Å². The van der Waals surface area contributed by atoms with Crippen molar-refractivity contribution >= 4 is 29.0 Å². The fraction of sp³-hybridized carbons (Fsp3) is 0.238. The van der Waals surface area contributed by atoms with E-state index in [1.54, 1.807) is 24.2 Å². The highest BCUT2D eigenvalue weighted by Gasteiger charge is 2.16. The molecule has 1 aromatic carbocycles. The molecular formula is C21H21N7OS2. The second kappa shape index (κ2) is 10.3. The Bertz CT molecular complexity index is 1130. The van der Waals surface area contributed by atoms with Gasteiger partial charge in [-0.1, -0.05) is 60.4 Å². The van der Waals surface area contributed by atoms with Gasteiger partial charge in [0.25, 0.3) is 5.91 Å². The van der Waals surface area contributed by atoms with Crippen molar-refractivity contribution in [3.63, 3.8) is 0 Å². The molecule has 0 spiro atoms. The molecule has 4 rings (SSSR count). The Balaban J connectivity index is 1.39. The molecule has 4 aromatic rings. The van der Waals surface area contributed by atoms with Crippen molar-refractivity contribution in [2.45, 2.75) is 37.3 Å². The first kappa shape index (κ1) is 21.1. The molecule has 0 fully saturated rings. The van der Waals surface area contributed by atoms with E-state index in [1.807, 2.05) is 42.5 Å². The van der Waals surface area contributed by atoms with Crippen LogP contribution in [0.1, 0.15) is 33.7 Å². The van der Waals surface area contributed by atoms with Crippen molar-refractivity contribution in [2.24, 2.45) is 0 Å². The van der Waals surface area contributed by atoms with Gasteiger partial charge in [-0.15, -0.1) is 20.4 Å². The maximum atomic E-state index is 12.4. The number of pyridine rings is 1. The number of amides is 1. The Kier molecular flexibility index (Phi) is 7.00. The number of benzene rings is 1. The van der Waals surface area contributed by atoms with Crippen LogP contribution in [0, 0.1) is 0 Å². The minimum atomic E-state index is -0.216. The second-order valence-electron chi connectivity index (χ2n) is 6.65. The van der Waals surface area contributed by atoms with Crippen LogP contribution < -0.4 is 5.32 Å². The zero-order valence-electron chi connectivity index (χ0n) is 16.9. The smallest absolute Gasteiger partial charge is 0.282 e. The van der Waals surface area contributed by atoms with E-state index in [-0.39, 0.29) is 5.91 Å². The lowest BCUT2D eigenvalue weighted by Gasteiger charge is -2.08. The third kappa shape index (κ3) is 5.33. The van der Waals surface area contributed by atoms with Gasteiger partial charge < -0.3 is 9.88 Å². The zero-order valence-corrected chi connectivity index (χ0v) is 18.6. The first-order chi connectivity index (χ1) is 15.2. The van der Waals surface area contributed by atoms with Gasteiger partial charge in [-0.3, -0.25) is 9.78 Å². The Hall–Kier alpha value is -3.11. The molecule has 1 N–H and O–H groups in total. The highest BCUT2D eigenvalue weighted by molar-refractivity contribution is 7.98. The Morgan fingerprint density at radius 1 is 1.06 bits per heavy atom. The van der Waals surface area contributed by atoms with Crippen molar-refractivity contribution in [3.05, 3.63) is 70.4 Å². The van der Waals surface area contributed by atoms with E-state index in [2.05, 4.69) is 42.2 Å². The number of nitrogens with zero attached hydrogens (tertiary/aromatic N) is 6. The number of carbonyl (C=O) groups excluding carboxylic acids is 1. The number of carbonyl (C=O) groups is 1. The summed E-state index contributed by atoms with van der Waals surface area (Å²) in [6.45, 7) is 3.40. The second-order valence-corrected chi connectivity index (χ2v) is 8.66. The van der Waals surface area contributed by atoms with E-state index in [0.717, 1.165) is 40.1 Å². The van der Waals surface area contributed by atoms with Gasteiger partial charge in [-0.05, 0) is 24.1 Å². The fourth-order valence-electron chi connectivity index (χ4n) is 2.92.